The van der Waals surface area contributed by atoms with E-state index in [2.05, 4.69) is 0 Å². The highest BCUT2D eigenvalue weighted by molar-refractivity contribution is 7.89. The maximum absolute atomic E-state index is 13.6. The molecule has 1 aliphatic rings. The fraction of sp³-hybridized carbons (Fsp3) is 0.333. The van der Waals surface area contributed by atoms with Gasteiger partial charge in [0, 0.05) is 18.7 Å². The molecule has 0 unspecified atom stereocenters. The fourth-order valence-electron chi connectivity index (χ4n) is 2.95. The van der Waals surface area contributed by atoms with Gasteiger partial charge in [-0.05, 0) is 43.4 Å². The monoisotopic (exact) mass is 378 g/mol. The molecule has 0 heterocycles. The van der Waals surface area contributed by atoms with Gasteiger partial charge in [-0.1, -0.05) is 30.3 Å². The van der Waals surface area contributed by atoms with Gasteiger partial charge in [-0.15, -0.1) is 0 Å². The van der Waals surface area contributed by atoms with Crippen LogP contribution in [0.3, 0.4) is 0 Å². The predicted molar refractivity (Wildman–Crippen MR) is 94.4 cm³/mol. The van der Waals surface area contributed by atoms with Crippen molar-refractivity contribution in [3.05, 3.63) is 70.0 Å². The topological polar surface area (TPSA) is 80.5 Å². The lowest BCUT2D eigenvalue weighted by Crippen LogP contribution is -2.39. The summed E-state index contributed by atoms with van der Waals surface area (Å²) in [6, 6.07) is 11.6. The van der Waals surface area contributed by atoms with Crippen molar-refractivity contribution in [2.24, 2.45) is 5.92 Å². The first kappa shape index (κ1) is 18.5. The van der Waals surface area contributed by atoms with Crippen molar-refractivity contribution in [2.45, 2.75) is 37.2 Å². The second kappa shape index (κ2) is 7.13. The second-order valence-electron chi connectivity index (χ2n) is 6.48. The van der Waals surface area contributed by atoms with Gasteiger partial charge in [0.05, 0.1) is 9.82 Å². The molecular formula is C18H19FN2O4S. The largest absolute Gasteiger partial charge is 0.306 e. The van der Waals surface area contributed by atoms with Gasteiger partial charge in [0.2, 0.25) is 15.8 Å². The van der Waals surface area contributed by atoms with Gasteiger partial charge in [-0.25, -0.2) is 8.42 Å². The number of benzene rings is 2. The van der Waals surface area contributed by atoms with Crippen molar-refractivity contribution in [1.82, 2.24) is 4.31 Å². The molecule has 1 saturated carbocycles. The van der Waals surface area contributed by atoms with Crippen LogP contribution in [0.1, 0.15) is 25.3 Å². The number of nitro benzene ring substituents is 1. The molecule has 2 aromatic carbocycles. The summed E-state index contributed by atoms with van der Waals surface area (Å²) in [6.07, 6.45) is 1.90. The third-order valence-corrected chi connectivity index (χ3v) is 6.59. The van der Waals surface area contributed by atoms with Crippen LogP contribution in [-0.2, 0) is 16.6 Å². The summed E-state index contributed by atoms with van der Waals surface area (Å²) in [6.45, 7) is 2.00. The summed E-state index contributed by atoms with van der Waals surface area (Å²) in [4.78, 5) is 9.79. The third-order valence-electron chi connectivity index (χ3n) is 4.66. The van der Waals surface area contributed by atoms with Crippen LogP contribution in [-0.4, -0.2) is 23.7 Å². The normalized spacial score (nSPS) is 15.8. The molecule has 138 valence electrons. The molecule has 0 aliphatic heterocycles. The first-order valence-electron chi connectivity index (χ1n) is 8.30. The molecular weight excluding hydrogens is 359 g/mol. The van der Waals surface area contributed by atoms with E-state index >= 15 is 0 Å². The fourth-order valence-corrected chi connectivity index (χ4v) is 4.65. The van der Waals surface area contributed by atoms with E-state index < -0.39 is 26.5 Å². The highest BCUT2D eigenvalue weighted by atomic mass is 32.2. The molecule has 26 heavy (non-hydrogen) atoms. The number of sulfonamides is 1. The minimum absolute atomic E-state index is 0.159. The van der Waals surface area contributed by atoms with Crippen molar-refractivity contribution in [3.63, 3.8) is 0 Å². The summed E-state index contributed by atoms with van der Waals surface area (Å²) < 4.78 is 41.3. The lowest BCUT2D eigenvalue weighted by atomic mass is 10.2. The molecule has 0 N–H and O–H groups in total. The van der Waals surface area contributed by atoms with Crippen LogP contribution in [0.5, 0.6) is 0 Å². The molecule has 2 aromatic rings. The summed E-state index contributed by atoms with van der Waals surface area (Å²) in [5.41, 5.74) is -0.0232. The Bertz CT molecular complexity index is 914. The molecule has 1 atom stereocenters. The van der Waals surface area contributed by atoms with Gasteiger partial charge in [0.1, 0.15) is 0 Å². The lowest BCUT2D eigenvalue weighted by Gasteiger charge is -2.28. The molecule has 0 amide bonds. The number of halogens is 1. The average Bonchev–Trinajstić information content (AvgIpc) is 3.45. The number of nitro groups is 1. The molecule has 0 saturated heterocycles. The van der Waals surface area contributed by atoms with E-state index in [-0.39, 0.29) is 23.4 Å². The third kappa shape index (κ3) is 3.76. The highest BCUT2D eigenvalue weighted by Gasteiger charge is 2.39. The van der Waals surface area contributed by atoms with Crippen LogP contribution < -0.4 is 0 Å². The Kier molecular flexibility index (Phi) is 5.06. The molecule has 3 rings (SSSR count). The van der Waals surface area contributed by atoms with Crippen LogP contribution in [0, 0.1) is 21.8 Å². The second-order valence-corrected chi connectivity index (χ2v) is 8.37. The van der Waals surface area contributed by atoms with E-state index in [1.54, 1.807) is 0 Å². The van der Waals surface area contributed by atoms with Gasteiger partial charge in [-0.3, -0.25) is 10.1 Å². The van der Waals surface area contributed by atoms with Crippen molar-refractivity contribution < 1.29 is 17.7 Å². The Morgan fingerprint density at radius 1 is 1.23 bits per heavy atom. The number of hydrogen-bond donors (Lipinski definition) is 0. The minimum atomic E-state index is -4.01. The SMILES string of the molecule is C[C@H](C1CC1)N(Cc1ccccc1)S(=O)(=O)c1ccc(F)c([N+](=O)[O-])c1. The predicted octanol–water partition coefficient (Wildman–Crippen LogP) is 3.72. The van der Waals surface area contributed by atoms with Gasteiger partial charge >= 0.3 is 5.69 Å². The molecule has 0 bridgehead atoms. The van der Waals surface area contributed by atoms with Crippen molar-refractivity contribution >= 4 is 15.7 Å². The Morgan fingerprint density at radius 2 is 1.88 bits per heavy atom. The van der Waals surface area contributed by atoms with Gasteiger partial charge in [0.25, 0.3) is 0 Å². The lowest BCUT2D eigenvalue weighted by molar-refractivity contribution is -0.387. The van der Waals surface area contributed by atoms with Crippen molar-refractivity contribution in [3.8, 4) is 0 Å². The Labute approximate surface area is 151 Å². The first-order valence-corrected chi connectivity index (χ1v) is 9.74. The average molecular weight is 378 g/mol. The molecule has 6 nitrogen and oxygen atoms in total. The van der Waals surface area contributed by atoms with Crippen LogP contribution in [0.2, 0.25) is 0 Å². The molecule has 1 aliphatic carbocycles. The van der Waals surface area contributed by atoms with Gasteiger partial charge in [-0.2, -0.15) is 8.70 Å². The summed E-state index contributed by atoms with van der Waals surface area (Å²) in [7, 11) is -4.01. The van der Waals surface area contributed by atoms with Crippen LogP contribution in [0.4, 0.5) is 10.1 Å². The zero-order valence-electron chi connectivity index (χ0n) is 14.2. The smallest absolute Gasteiger partial charge is 0.258 e. The van der Waals surface area contributed by atoms with E-state index in [0.29, 0.717) is 0 Å². The Hall–Kier alpha value is -2.32. The summed E-state index contributed by atoms with van der Waals surface area (Å²) >= 11 is 0. The molecule has 0 aromatic heterocycles. The summed E-state index contributed by atoms with van der Waals surface area (Å²) in [5.74, 6) is -0.789. The van der Waals surface area contributed by atoms with Gasteiger partial charge in [0.15, 0.2) is 0 Å². The highest BCUT2D eigenvalue weighted by Crippen LogP contribution is 2.38. The Balaban J connectivity index is 2.01. The molecule has 1 fully saturated rings. The van der Waals surface area contributed by atoms with Crippen LogP contribution >= 0.6 is 0 Å². The van der Waals surface area contributed by atoms with E-state index in [1.165, 1.54) is 4.31 Å². The quantitative estimate of drug-likeness (QED) is 0.543. The maximum atomic E-state index is 13.6. The number of rotatable bonds is 7. The standard InChI is InChI=1S/C18H19FN2O4S/c1-13(15-7-8-15)20(12-14-5-3-2-4-6-14)26(24,25)16-9-10-17(19)18(11-16)21(22)23/h2-6,9-11,13,15H,7-8,12H2,1H3/t13-/m1/s1. The number of hydrogen-bond acceptors (Lipinski definition) is 4. The van der Waals surface area contributed by atoms with Gasteiger partial charge < -0.3 is 0 Å². The maximum Gasteiger partial charge on any atom is 0.306 e. The van der Waals surface area contributed by atoms with E-state index in [4.69, 9.17) is 0 Å². The zero-order valence-corrected chi connectivity index (χ0v) is 15.0. The zero-order chi connectivity index (χ0) is 18.9. The van der Waals surface area contributed by atoms with Crippen LogP contribution in [0.25, 0.3) is 0 Å². The van der Waals surface area contributed by atoms with Crippen molar-refractivity contribution in [1.29, 1.82) is 0 Å². The molecule has 8 heteroatoms. The van der Waals surface area contributed by atoms with Crippen molar-refractivity contribution in [2.75, 3.05) is 0 Å². The van der Waals surface area contributed by atoms with E-state index in [9.17, 15) is 22.9 Å². The number of nitrogens with zero attached hydrogens (tertiary/aromatic N) is 2. The molecule has 0 radical (unpaired) electrons. The Morgan fingerprint density at radius 3 is 2.46 bits per heavy atom. The summed E-state index contributed by atoms with van der Waals surface area (Å²) in [5, 5.41) is 11.0. The first-order chi connectivity index (χ1) is 12.3. The van der Waals surface area contributed by atoms with E-state index in [1.807, 2.05) is 37.3 Å². The van der Waals surface area contributed by atoms with E-state index in [0.717, 1.165) is 36.6 Å². The van der Waals surface area contributed by atoms with Crippen LogP contribution in [0.15, 0.2) is 53.4 Å². The molecule has 0 spiro atoms. The minimum Gasteiger partial charge on any atom is -0.258 e.